The second-order valence-electron chi connectivity index (χ2n) is 5.13. The summed E-state index contributed by atoms with van der Waals surface area (Å²) in [5, 5.41) is 11.7. The molecule has 22 heavy (non-hydrogen) atoms. The fraction of sp³-hybridized carbons (Fsp3) is 0.250. The van der Waals surface area contributed by atoms with Crippen molar-refractivity contribution in [2.45, 2.75) is 19.5 Å². The SMILES string of the molecule is C[C@H](C(=O)Nc1ccc(C#N)cc1)[NH+](C)Cc1ccc(Br)s1. The first-order chi connectivity index (χ1) is 10.5. The maximum absolute atomic E-state index is 12.3. The van der Waals surface area contributed by atoms with Crippen LogP contribution in [0.2, 0.25) is 0 Å². The average Bonchev–Trinajstić information content (AvgIpc) is 2.92. The summed E-state index contributed by atoms with van der Waals surface area (Å²) in [6.45, 7) is 2.72. The van der Waals surface area contributed by atoms with Crippen LogP contribution in [-0.4, -0.2) is 19.0 Å². The molecular weight excluding hydrogens is 362 g/mol. The van der Waals surface area contributed by atoms with Crippen molar-refractivity contribution in [2.24, 2.45) is 0 Å². The Morgan fingerprint density at radius 2 is 2.05 bits per heavy atom. The van der Waals surface area contributed by atoms with Gasteiger partial charge in [0, 0.05) is 5.69 Å². The van der Waals surface area contributed by atoms with Crippen LogP contribution in [-0.2, 0) is 11.3 Å². The Hall–Kier alpha value is -1.68. The average molecular weight is 379 g/mol. The Kier molecular flexibility index (Phi) is 5.72. The highest BCUT2D eigenvalue weighted by Gasteiger charge is 2.22. The molecule has 2 aromatic rings. The van der Waals surface area contributed by atoms with E-state index in [0.717, 1.165) is 15.2 Å². The van der Waals surface area contributed by atoms with E-state index < -0.39 is 0 Å². The van der Waals surface area contributed by atoms with Gasteiger partial charge in [0.1, 0.15) is 6.54 Å². The minimum Gasteiger partial charge on any atom is -0.323 e. The van der Waals surface area contributed by atoms with Crippen LogP contribution in [0.1, 0.15) is 17.4 Å². The minimum absolute atomic E-state index is 0.0298. The van der Waals surface area contributed by atoms with Gasteiger partial charge in [-0.05, 0) is 59.3 Å². The molecule has 1 heterocycles. The molecule has 2 rings (SSSR count). The second kappa shape index (κ2) is 7.54. The Labute approximate surface area is 142 Å². The number of halogens is 1. The van der Waals surface area contributed by atoms with Gasteiger partial charge in [-0.15, -0.1) is 11.3 Å². The van der Waals surface area contributed by atoms with Gasteiger partial charge in [-0.1, -0.05) is 0 Å². The number of carbonyl (C=O) groups is 1. The number of rotatable bonds is 5. The van der Waals surface area contributed by atoms with E-state index in [1.807, 2.05) is 20.0 Å². The number of hydrogen-bond donors (Lipinski definition) is 2. The van der Waals surface area contributed by atoms with Crippen LogP contribution < -0.4 is 10.2 Å². The standard InChI is InChI=1S/C16H16BrN3OS/c1-11(20(2)10-14-7-8-15(17)22-14)16(21)19-13-5-3-12(9-18)4-6-13/h3-8,11H,10H2,1-2H3,(H,19,21)/p+1/t11-/m1/s1. The predicted octanol–water partition coefficient (Wildman–Crippen LogP) is 2.42. The number of nitriles is 1. The van der Waals surface area contributed by atoms with Crippen molar-refractivity contribution in [3.63, 3.8) is 0 Å². The van der Waals surface area contributed by atoms with Crippen molar-refractivity contribution >= 4 is 38.9 Å². The lowest BCUT2D eigenvalue weighted by molar-refractivity contribution is -0.907. The number of anilines is 1. The van der Waals surface area contributed by atoms with E-state index in [9.17, 15) is 4.79 Å². The van der Waals surface area contributed by atoms with Gasteiger partial charge in [0.2, 0.25) is 0 Å². The number of amides is 1. The van der Waals surface area contributed by atoms with E-state index in [0.29, 0.717) is 11.3 Å². The van der Waals surface area contributed by atoms with Crippen LogP contribution in [0.4, 0.5) is 5.69 Å². The maximum atomic E-state index is 12.3. The molecule has 0 spiro atoms. The van der Waals surface area contributed by atoms with E-state index in [2.05, 4.69) is 33.4 Å². The topological polar surface area (TPSA) is 57.3 Å². The first-order valence-corrected chi connectivity index (χ1v) is 8.48. The monoisotopic (exact) mass is 378 g/mol. The third-order valence-electron chi connectivity index (χ3n) is 3.50. The Morgan fingerprint density at radius 3 is 2.59 bits per heavy atom. The summed E-state index contributed by atoms with van der Waals surface area (Å²) in [5.41, 5.74) is 1.29. The Balaban J connectivity index is 1.94. The zero-order valence-corrected chi connectivity index (χ0v) is 14.8. The quantitative estimate of drug-likeness (QED) is 0.839. The molecule has 1 aromatic carbocycles. The summed E-state index contributed by atoms with van der Waals surface area (Å²) >= 11 is 5.14. The number of benzene rings is 1. The fourth-order valence-electron chi connectivity index (χ4n) is 1.98. The van der Waals surface area contributed by atoms with Crippen LogP contribution in [0.5, 0.6) is 0 Å². The van der Waals surface area contributed by atoms with Gasteiger partial charge in [0.15, 0.2) is 6.04 Å². The highest BCUT2D eigenvalue weighted by molar-refractivity contribution is 9.11. The van der Waals surface area contributed by atoms with Crippen LogP contribution >= 0.6 is 27.3 Å². The molecule has 0 aliphatic carbocycles. The maximum Gasteiger partial charge on any atom is 0.282 e. The van der Waals surface area contributed by atoms with Crippen molar-refractivity contribution in [3.8, 4) is 6.07 Å². The molecule has 0 fully saturated rings. The molecule has 0 aliphatic heterocycles. The van der Waals surface area contributed by atoms with Gasteiger partial charge >= 0.3 is 0 Å². The summed E-state index contributed by atoms with van der Waals surface area (Å²) in [4.78, 5) is 14.7. The smallest absolute Gasteiger partial charge is 0.282 e. The molecule has 1 amide bonds. The van der Waals surface area contributed by atoms with E-state index in [-0.39, 0.29) is 11.9 Å². The number of nitrogens with one attached hydrogen (secondary N) is 2. The van der Waals surface area contributed by atoms with E-state index in [1.54, 1.807) is 35.6 Å². The second-order valence-corrected chi connectivity index (χ2v) is 7.68. The molecule has 0 bridgehead atoms. The number of carbonyl (C=O) groups excluding carboxylic acids is 1. The number of nitrogens with zero attached hydrogens (tertiary/aromatic N) is 1. The summed E-state index contributed by atoms with van der Waals surface area (Å²) in [6.07, 6.45) is 0. The lowest BCUT2D eigenvalue weighted by atomic mass is 10.2. The minimum atomic E-state index is -0.170. The van der Waals surface area contributed by atoms with Gasteiger partial charge in [-0.25, -0.2) is 0 Å². The molecular formula is C16H17BrN3OS+. The molecule has 0 saturated heterocycles. The largest absolute Gasteiger partial charge is 0.323 e. The van der Waals surface area contributed by atoms with Gasteiger partial charge in [0.25, 0.3) is 5.91 Å². The Bertz CT molecular complexity index is 690. The predicted molar refractivity (Wildman–Crippen MR) is 91.9 cm³/mol. The third kappa shape index (κ3) is 4.41. The molecule has 114 valence electrons. The molecule has 2 N–H and O–H groups in total. The van der Waals surface area contributed by atoms with Gasteiger partial charge in [-0.3, -0.25) is 4.79 Å². The van der Waals surface area contributed by atoms with Crippen molar-refractivity contribution in [1.82, 2.24) is 0 Å². The van der Waals surface area contributed by atoms with Crippen LogP contribution in [0.3, 0.4) is 0 Å². The normalized spacial score (nSPS) is 13.2. The molecule has 1 aromatic heterocycles. The van der Waals surface area contributed by atoms with Gasteiger partial charge < -0.3 is 10.2 Å². The molecule has 6 heteroatoms. The highest BCUT2D eigenvalue weighted by atomic mass is 79.9. The van der Waals surface area contributed by atoms with E-state index in [1.165, 1.54) is 4.88 Å². The number of hydrogen-bond acceptors (Lipinski definition) is 3. The first kappa shape index (κ1) is 16.7. The van der Waals surface area contributed by atoms with E-state index >= 15 is 0 Å². The van der Waals surface area contributed by atoms with Crippen molar-refractivity contribution in [3.05, 3.63) is 50.6 Å². The van der Waals surface area contributed by atoms with Gasteiger partial charge in [-0.2, -0.15) is 5.26 Å². The summed E-state index contributed by atoms with van der Waals surface area (Å²) in [6, 6.07) is 12.9. The zero-order chi connectivity index (χ0) is 16.1. The lowest BCUT2D eigenvalue weighted by Crippen LogP contribution is -3.12. The third-order valence-corrected chi connectivity index (χ3v) is 5.12. The number of likely N-dealkylation sites (N-methyl/N-ethyl adjacent to an activating group) is 1. The lowest BCUT2D eigenvalue weighted by Gasteiger charge is -2.20. The van der Waals surface area contributed by atoms with Crippen molar-refractivity contribution < 1.29 is 9.69 Å². The molecule has 0 radical (unpaired) electrons. The number of thiophene rings is 1. The summed E-state index contributed by atoms with van der Waals surface area (Å²) < 4.78 is 1.10. The molecule has 0 aliphatic rings. The van der Waals surface area contributed by atoms with Crippen molar-refractivity contribution in [2.75, 3.05) is 12.4 Å². The van der Waals surface area contributed by atoms with Gasteiger partial charge in [0.05, 0.1) is 27.3 Å². The van der Waals surface area contributed by atoms with E-state index in [4.69, 9.17) is 5.26 Å². The zero-order valence-electron chi connectivity index (χ0n) is 12.4. The number of quaternary nitrogens is 1. The first-order valence-electron chi connectivity index (χ1n) is 6.87. The Morgan fingerprint density at radius 1 is 1.36 bits per heavy atom. The van der Waals surface area contributed by atoms with Crippen LogP contribution in [0.25, 0.3) is 0 Å². The molecule has 2 atom stereocenters. The molecule has 1 unspecified atom stereocenters. The highest BCUT2D eigenvalue weighted by Crippen LogP contribution is 2.21. The van der Waals surface area contributed by atoms with Crippen LogP contribution in [0, 0.1) is 11.3 Å². The van der Waals surface area contributed by atoms with Crippen molar-refractivity contribution in [1.29, 1.82) is 5.26 Å². The molecule has 0 saturated carbocycles. The van der Waals surface area contributed by atoms with Crippen LogP contribution in [0.15, 0.2) is 40.2 Å². The fourth-order valence-corrected chi connectivity index (χ4v) is 3.56. The summed E-state index contributed by atoms with van der Waals surface area (Å²) in [5.74, 6) is -0.0298. The molecule has 4 nitrogen and oxygen atoms in total. The summed E-state index contributed by atoms with van der Waals surface area (Å²) in [7, 11) is 2.01.